The average Bonchev–Trinajstić information content (AvgIpc) is 2.98. The van der Waals surface area contributed by atoms with Crippen LogP contribution in [0.25, 0.3) is 11.0 Å². The molecule has 0 radical (unpaired) electrons. The van der Waals surface area contributed by atoms with Crippen molar-refractivity contribution in [1.82, 2.24) is 25.4 Å². The molecule has 4 rings (SSSR count). The van der Waals surface area contributed by atoms with Crippen molar-refractivity contribution in [3.05, 3.63) is 23.5 Å². The van der Waals surface area contributed by atoms with E-state index in [2.05, 4.69) is 20.7 Å². The van der Waals surface area contributed by atoms with E-state index in [1.54, 1.807) is 10.9 Å². The number of nitrogens with one attached hydrogen (secondary N) is 2. The van der Waals surface area contributed by atoms with Crippen LogP contribution >= 0.6 is 24.8 Å². The normalized spacial score (nSPS) is 25.0. The first kappa shape index (κ1) is 19.0. The van der Waals surface area contributed by atoms with Crippen LogP contribution in [-0.2, 0) is 7.05 Å². The van der Waals surface area contributed by atoms with Gasteiger partial charge in [0.15, 0.2) is 5.65 Å². The van der Waals surface area contributed by atoms with E-state index in [0.29, 0.717) is 17.6 Å². The molecule has 2 aliphatic rings. The molecule has 2 N–H and O–H groups in total. The van der Waals surface area contributed by atoms with Gasteiger partial charge in [0.05, 0.1) is 11.3 Å². The zero-order valence-electron chi connectivity index (χ0n) is 13.8. The van der Waals surface area contributed by atoms with Crippen molar-refractivity contribution in [2.75, 3.05) is 0 Å². The molecular formula is C16H23Cl2N5O. The Morgan fingerprint density at radius 1 is 1.29 bits per heavy atom. The van der Waals surface area contributed by atoms with Crippen LogP contribution in [-0.4, -0.2) is 38.8 Å². The highest BCUT2D eigenvalue weighted by molar-refractivity contribution is 5.97. The number of piperidine rings is 1. The number of halogens is 2. The number of pyridine rings is 1. The highest BCUT2D eigenvalue weighted by Gasteiger charge is 2.34. The quantitative estimate of drug-likeness (QED) is 0.847. The van der Waals surface area contributed by atoms with Gasteiger partial charge in [-0.2, -0.15) is 5.10 Å². The molecule has 2 atom stereocenters. The summed E-state index contributed by atoms with van der Waals surface area (Å²) in [5.74, 6) is -0.0241. The lowest BCUT2D eigenvalue weighted by Gasteiger charge is -2.29. The molecule has 2 saturated heterocycles. The fourth-order valence-corrected chi connectivity index (χ4v) is 3.88. The summed E-state index contributed by atoms with van der Waals surface area (Å²) in [4.78, 5) is 16.9. The minimum Gasteiger partial charge on any atom is -0.349 e. The minimum absolute atomic E-state index is 0. The van der Waals surface area contributed by atoms with Crippen LogP contribution in [0.3, 0.4) is 0 Å². The Bertz CT molecular complexity index is 735. The maximum absolute atomic E-state index is 12.5. The number of nitrogens with zero attached hydrogens (tertiary/aromatic N) is 3. The number of amides is 1. The Morgan fingerprint density at radius 2 is 1.96 bits per heavy atom. The molecule has 8 heteroatoms. The lowest BCUT2D eigenvalue weighted by Crippen LogP contribution is -2.48. The van der Waals surface area contributed by atoms with Gasteiger partial charge in [0, 0.05) is 36.8 Å². The molecule has 0 aliphatic carbocycles. The molecule has 2 aliphatic heterocycles. The van der Waals surface area contributed by atoms with Gasteiger partial charge in [-0.05, 0) is 38.7 Å². The standard InChI is InChI=1S/C16H21N5O.2ClH/c1-9-14-5-10(8-17-15(14)21(2)20-9)16(22)19-13-6-11-3-4-12(7-13)18-11;;/h5,8,11-13,18H,3-4,6-7H2,1-2H3,(H,19,22);2*1H. The van der Waals surface area contributed by atoms with Crippen molar-refractivity contribution in [3.63, 3.8) is 0 Å². The summed E-state index contributed by atoms with van der Waals surface area (Å²) >= 11 is 0. The molecule has 0 spiro atoms. The molecule has 2 bridgehead atoms. The highest BCUT2D eigenvalue weighted by Crippen LogP contribution is 2.27. The van der Waals surface area contributed by atoms with E-state index in [-0.39, 0.29) is 36.8 Å². The van der Waals surface area contributed by atoms with Crippen LogP contribution in [0.5, 0.6) is 0 Å². The largest absolute Gasteiger partial charge is 0.349 e. The van der Waals surface area contributed by atoms with Crippen molar-refractivity contribution >= 4 is 41.8 Å². The number of aromatic nitrogens is 3. The van der Waals surface area contributed by atoms with E-state index >= 15 is 0 Å². The molecule has 0 aromatic carbocycles. The second-order valence-corrected chi connectivity index (χ2v) is 6.58. The van der Waals surface area contributed by atoms with Crippen molar-refractivity contribution in [1.29, 1.82) is 0 Å². The molecule has 1 amide bonds. The number of aryl methyl sites for hydroxylation is 2. The van der Waals surface area contributed by atoms with Crippen molar-refractivity contribution in [2.45, 2.75) is 50.7 Å². The molecular weight excluding hydrogens is 349 g/mol. The molecule has 2 fully saturated rings. The molecule has 132 valence electrons. The van der Waals surface area contributed by atoms with Gasteiger partial charge in [-0.15, -0.1) is 24.8 Å². The predicted octanol–water partition coefficient (Wildman–Crippen LogP) is 2.13. The number of hydrogen-bond donors (Lipinski definition) is 2. The third kappa shape index (κ3) is 3.36. The summed E-state index contributed by atoms with van der Waals surface area (Å²) in [7, 11) is 1.87. The van der Waals surface area contributed by atoms with Crippen LogP contribution in [0, 0.1) is 6.92 Å². The summed E-state index contributed by atoms with van der Waals surface area (Å²) in [5, 5.41) is 12.1. The Hall–Kier alpha value is -1.37. The van der Waals surface area contributed by atoms with Gasteiger partial charge < -0.3 is 10.6 Å². The van der Waals surface area contributed by atoms with Gasteiger partial charge in [0.1, 0.15) is 0 Å². The van der Waals surface area contributed by atoms with Gasteiger partial charge in [-0.1, -0.05) is 0 Å². The first-order valence-corrected chi connectivity index (χ1v) is 7.96. The van der Waals surface area contributed by atoms with E-state index < -0.39 is 0 Å². The molecule has 2 aromatic rings. The molecule has 2 aromatic heterocycles. The number of carbonyl (C=O) groups is 1. The van der Waals surface area contributed by atoms with E-state index in [4.69, 9.17) is 0 Å². The smallest absolute Gasteiger partial charge is 0.253 e. The fourth-order valence-electron chi connectivity index (χ4n) is 3.88. The number of rotatable bonds is 2. The van der Waals surface area contributed by atoms with Crippen molar-refractivity contribution in [3.8, 4) is 0 Å². The first-order chi connectivity index (χ1) is 10.6. The van der Waals surface area contributed by atoms with Gasteiger partial charge in [-0.3, -0.25) is 9.48 Å². The molecule has 4 heterocycles. The van der Waals surface area contributed by atoms with Crippen LogP contribution in [0.2, 0.25) is 0 Å². The fraction of sp³-hybridized carbons (Fsp3) is 0.562. The molecule has 24 heavy (non-hydrogen) atoms. The topological polar surface area (TPSA) is 71.8 Å². The monoisotopic (exact) mass is 371 g/mol. The van der Waals surface area contributed by atoms with E-state index in [1.807, 2.05) is 20.0 Å². The Morgan fingerprint density at radius 3 is 2.62 bits per heavy atom. The van der Waals surface area contributed by atoms with Crippen LogP contribution in [0.1, 0.15) is 41.7 Å². The van der Waals surface area contributed by atoms with Crippen LogP contribution in [0.15, 0.2) is 12.3 Å². The van der Waals surface area contributed by atoms with Gasteiger partial charge in [0.2, 0.25) is 0 Å². The van der Waals surface area contributed by atoms with E-state index in [0.717, 1.165) is 29.6 Å². The van der Waals surface area contributed by atoms with E-state index in [9.17, 15) is 4.79 Å². The number of hydrogen-bond acceptors (Lipinski definition) is 4. The minimum atomic E-state index is -0.0241. The lowest BCUT2D eigenvalue weighted by atomic mass is 9.99. The maximum Gasteiger partial charge on any atom is 0.253 e. The summed E-state index contributed by atoms with van der Waals surface area (Å²) in [6.45, 7) is 1.94. The van der Waals surface area contributed by atoms with Crippen molar-refractivity contribution in [2.24, 2.45) is 7.05 Å². The summed E-state index contributed by atoms with van der Waals surface area (Å²) in [6, 6.07) is 3.32. The van der Waals surface area contributed by atoms with Gasteiger partial charge >= 0.3 is 0 Å². The highest BCUT2D eigenvalue weighted by atomic mass is 35.5. The van der Waals surface area contributed by atoms with E-state index in [1.165, 1.54) is 12.8 Å². The summed E-state index contributed by atoms with van der Waals surface area (Å²) in [6.07, 6.45) is 6.18. The second-order valence-electron chi connectivity index (χ2n) is 6.58. The summed E-state index contributed by atoms with van der Waals surface area (Å²) < 4.78 is 1.75. The lowest BCUT2D eigenvalue weighted by molar-refractivity contribution is 0.0924. The van der Waals surface area contributed by atoms with Gasteiger partial charge in [-0.25, -0.2) is 4.98 Å². The zero-order valence-corrected chi connectivity index (χ0v) is 15.4. The van der Waals surface area contributed by atoms with Gasteiger partial charge in [0.25, 0.3) is 5.91 Å². The molecule has 2 unspecified atom stereocenters. The zero-order chi connectivity index (χ0) is 15.3. The molecule has 6 nitrogen and oxygen atoms in total. The van der Waals surface area contributed by atoms with Crippen LogP contribution < -0.4 is 10.6 Å². The number of fused-ring (bicyclic) bond motifs is 3. The van der Waals surface area contributed by atoms with Crippen molar-refractivity contribution < 1.29 is 4.79 Å². The third-order valence-electron chi connectivity index (χ3n) is 4.93. The second kappa shape index (κ2) is 7.25. The average molecular weight is 372 g/mol. The number of carbonyl (C=O) groups excluding carboxylic acids is 1. The predicted molar refractivity (Wildman–Crippen MR) is 98.2 cm³/mol. The Balaban J connectivity index is 0.00000104. The Kier molecular flexibility index (Phi) is 5.73. The van der Waals surface area contributed by atoms with Crippen LogP contribution in [0.4, 0.5) is 0 Å². The SMILES string of the molecule is Cc1nn(C)c2ncc(C(=O)NC3CC4CCC(C3)N4)cc12.Cl.Cl. The summed E-state index contributed by atoms with van der Waals surface area (Å²) in [5.41, 5.74) is 2.34. The first-order valence-electron chi connectivity index (χ1n) is 7.96. The third-order valence-corrected chi connectivity index (χ3v) is 4.93. The Labute approximate surface area is 153 Å². The molecule has 0 saturated carbocycles. The maximum atomic E-state index is 12.5.